The molecule has 0 spiro atoms. The third kappa shape index (κ3) is 2.26. The normalized spacial score (nSPS) is 11.5. The number of hydrogen-bond donors (Lipinski definition) is 3. The van der Waals surface area contributed by atoms with Crippen LogP contribution in [0.2, 0.25) is 0 Å². The van der Waals surface area contributed by atoms with Crippen molar-refractivity contribution >= 4 is 18.9 Å². The van der Waals surface area contributed by atoms with Crippen molar-refractivity contribution in [3.63, 3.8) is 0 Å². The molecule has 0 fully saturated rings. The van der Waals surface area contributed by atoms with Gasteiger partial charge in [-0.05, 0) is 31.0 Å². The van der Waals surface area contributed by atoms with E-state index in [9.17, 15) is 9.36 Å². The SMILES string of the molecule is Cc1ccc(C(=O)O)c(C)c1P(=O)(O)O. The van der Waals surface area contributed by atoms with Crippen LogP contribution in [0.15, 0.2) is 12.1 Å². The van der Waals surface area contributed by atoms with Crippen LogP contribution in [0.1, 0.15) is 21.5 Å². The van der Waals surface area contributed by atoms with Gasteiger partial charge in [0.15, 0.2) is 0 Å². The van der Waals surface area contributed by atoms with Gasteiger partial charge in [0.25, 0.3) is 0 Å². The van der Waals surface area contributed by atoms with Crippen molar-refractivity contribution in [2.45, 2.75) is 13.8 Å². The summed E-state index contributed by atoms with van der Waals surface area (Å²) < 4.78 is 11.2. The van der Waals surface area contributed by atoms with E-state index in [1.165, 1.54) is 26.0 Å². The summed E-state index contributed by atoms with van der Waals surface area (Å²) in [6, 6.07) is 2.73. The smallest absolute Gasteiger partial charge is 0.356 e. The minimum atomic E-state index is -4.42. The summed E-state index contributed by atoms with van der Waals surface area (Å²) in [4.78, 5) is 28.9. The first-order valence-electron chi connectivity index (χ1n) is 4.14. The number of carboxylic acid groups (broad SMARTS) is 1. The first-order chi connectivity index (χ1) is 6.75. The van der Waals surface area contributed by atoms with Gasteiger partial charge in [-0.1, -0.05) is 6.07 Å². The molecule has 82 valence electrons. The van der Waals surface area contributed by atoms with Crippen molar-refractivity contribution in [3.8, 4) is 0 Å². The molecule has 0 aromatic heterocycles. The molecule has 0 bridgehead atoms. The summed E-state index contributed by atoms with van der Waals surface area (Å²) in [6.45, 7) is 2.93. The number of aryl methyl sites for hydroxylation is 1. The fourth-order valence-corrected chi connectivity index (χ4v) is 2.61. The van der Waals surface area contributed by atoms with E-state index in [2.05, 4.69) is 0 Å². The van der Waals surface area contributed by atoms with Gasteiger partial charge in [0.2, 0.25) is 0 Å². The first kappa shape index (κ1) is 11.9. The third-order valence-electron chi connectivity index (χ3n) is 2.15. The standard InChI is InChI=1S/C9H11O5P/c1-5-3-4-7(9(10)11)6(2)8(5)15(12,13)14/h3-4H,1-2H3,(H,10,11)(H2,12,13,14). The number of benzene rings is 1. The van der Waals surface area contributed by atoms with Crippen molar-refractivity contribution in [3.05, 3.63) is 28.8 Å². The zero-order chi connectivity index (χ0) is 11.8. The van der Waals surface area contributed by atoms with Gasteiger partial charge in [-0.25, -0.2) is 4.79 Å². The summed E-state index contributed by atoms with van der Waals surface area (Å²) in [5.74, 6) is -1.19. The lowest BCUT2D eigenvalue weighted by molar-refractivity contribution is 0.0696. The van der Waals surface area contributed by atoms with Crippen LogP contribution in [0.4, 0.5) is 0 Å². The molecule has 5 nitrogen and oxygen atoms in total. The zero-order valence-corrected chi connectivity index (χ0v) is 9.15. The fourth-order valence-electron chi connectivity index (χ4n) is 1.52. The molecule has 0 unspecified atom stereocenters. The van der Waals surface area contributed by atoms with E-state index in [1.54, 1.807) is 0 Å². The first-order valence-corrected chi connectivity index (χ1v) is 5.76. The number of carbonyl (C=O) groups is 1. The summed E-state index contributed by atoms with van der Waals surface area (Å²) in [5.41, 5.74) is 0.431. The summed E-state index contributed by atoms with van der Waals surface area (Å²) in [7, 11) is -4.42. The van der Waals surface area contributed by atoms with Crippen LogP contribution in [0.3, 0.4) is 0 Å². The van der Waals surface area contributed by atoms with Gasteiger partial charge in [-0.3, -0.25) is 4.57 Å². The summed E-state index contributed by atoms with van der Waals surface area (Å²) in [5, 5.41) is 8.60. The Morgan fingerprint density at radius 2 is 1.80 bits per heavy atom. The Labute approximate surface area is 86.5 Å². The van der Waals surface area contributed by atoms with Gasteiger partial charge < -0.3 is 14.9 Å². The lowest BCUT2D eigenvalue weighted by Crippen LogP contribution is -2.16. The molecule has 1 aromatic rings. The Kier molecular flexibility index (Phi) is 3.00. The van der Waals surface area contributed by atoms with E-state index in [0.717, 1.165) is 0 Å². The summed E-state index contributed by atoms with van der Waals surface area (Å²) >= 11 is 0. The highest BCUT2D eigenvalue weighted by atomic mass is 31.2. The molecule has 0 saturated carbocycles. The maximum Gasteiger partial charge on any atom is 0.356 e. The van der Waals surface area contributed by atoms with E-state index in [4.69, 9.17) is 14.9 Å². The number of hydrogen-bond acceptors (Lipinski definition) is 2. The summed E-state index contributed by atoms with van der Waals surface area (Å²) in [6.07, 6.45) is 0. The molecule has 0 heterocycles. The van der Waals surface area contributed by atoms with Crippen molar-refractivity contribution in [1.29, 1.82) is 0 Å². The Morgan fingerprint density at radius 1 is 1.27 bits per heavy atom. The Morgan fingerprint density at radius 3 is 2.20 bits per heavy atom. The maximum atomic E-state index is 11.2. The molecular formula is C9H11O5P. The highest BCUT2D eigenvalue weighted by Crippen LogP contribution is 2.36. The van der Waals surface area contributed by atoms with E-state index in [0.29, 0.717) is 5.56 Å². The highest BCUT2D eigenvalue weighted by molar-refractivity contribution is 7.60. The molecule has 0 atom stereocenters. The van der Waals surface area contributed by atoms with Gasteiger partial charge in [0.05, 0.1) is 10.9 Å². The molecule has 0 amide bonds. The van der Waals surface area contributed by atoms with Crippen LogP contribution in [-0.2, 0) is 4.57 Å². The third-order valence-corrected chi connectivity index (χ3v) is 3.43. The topological polar surface area (TPSA) is 94.8 Å². The van der Waals surface area contributed by atoms with Crippen LogP contribution < -0.4 is 5.30 Å². The van der Waals surface area contributed by atoms with E-state index in [1.807, 2.05) is 0 Å². The molecule has 0 aliphatic rings. The van der Waals surface area contributed by atoms with Crippen LogP contribution in [0.5, 0.6) is 0 Å². The molecule has 0 saturated heterocycles. The van der Waals surface area contributed by atoms with Crippen LogP contribution in [0.25, 0.3) is 0 Å². The zero-order valence-electron chi connectivity index (χ0n) is 8.26. The molecule has 15 heavy (non-hydrogen) atoms. The fraction of sp³-hybridized carbons (Fsp3) is 0.222. The maximum absolute atomic E-state index is 11.2. The average Bonchev–Trinajstić information content (AvgIpc) is 2.00. The monoisotopic (exact) mass is 230 g/mol. The molecule has 0 aliphatic carbocycles. The van der Waals surface area contributed by atoms with E-state index in [-0.39, 0.29) is 16.4 Å². The molecule has 1 rings (SSSR count). The lowest BCUT2D eigenvalue weighted by atomic mass is 10.1. The molecule has 6 heteroatoms. The lowest BCUT2D eigenvalue weighted by Gasteiger charge is -2.13. The largest absolute Gasteiger partial charge is 0.478 e. The average molecular weight is 230 g/mol. The molecule has 0 aliphatic heterocycles. The van der Waals surface area contributed by atoms with Gasteiger partial charge in [0, 0.05) is 0 Å². The van der Waals surface area contributed by atoms with Crippen molar-refractivity contribution in [2.75, 3.05) is 0 Å². The Bertz CT molecular complexity index is 460. The van der Waals surface area contributed by atoms with Gasteiger partial charge >= 0.3 is 13.6 Å². The molecular weight excluding hydrogens is 219 g/mol. The van der Waals surface area contributed by atoms with Gasteiger partial charge in [-0.15, -0.1) is 0 Å². The molecule has 1 aromatic carbocycles. The predicted octanol–water partition coefficient (Wildman–Crippen LogP) is 0.805. The second-order valence-electron chi connectivity index (χ2n) is 3.25. The number of aromatic carboxylic acids is 1. The van der Waals surface area contributed by atoms with Crippen LogP contribution in [-0.4, -0.2) is 20.9 Å². The van der Waals surface area contributed by atoms with Crippen LogP contribution >= 0.6 is 7.60 Å². The Hall–Kier alpha value is -1.16. The minimum Gasteiger partial charge on any atom is -0.478 e. The van der Waals surface area contributed by atoms with E-state index >= 15 is 0 Å². The molecule has 3 N–H and O–H groups in total. The van der Waals surface area contributed by atoms with Crippen molar-refractivity contribution in [1.82, 2.24) is 0 Å². The molecule has 0 radical (unpaired) electrons. The predicted molar refractivity (Wildman–Crippen MR) is 54.6 cm³/mol. The van der Waals surface area contributed by atoms with Crippen LogP contribution in [0, 0.1) is 13.8 Å². The van der Waals surface area contributed by atoms with Crippen molar-refractivity contribution < 1.29 is 24.3 Å². The van der Waals surface area contributed by atoms with Gasteiger partial charge in [0.1, 0.15) is 0 Å². The quantitative estimate of drug-likeness (QED) is 0.653. The number of rotatable bonds is 2. The minimum absolute atomic E-state index is 0.0843. The van der Waals surface area contributed by atoms with E-state index < -0.39 is 13.6 Å². The van der Waals surface area contributed by atoms with Gasteiger partial charge in [-0.2, -0.15) is 0 Å². The second kappa shape index (κ2) is 3.77. The number of carboxylic acids is 1. The van der Waals surface area contributed by atoms with Crippen molar-refractivity contribution in [2.24, 2.45) is 0 Å². The second-order valence-corrected chi connectivity index (χ2v) is 4.79. The Balaban J connectivity index is 3.58. The highest BCUT2D eigenvalue weighted by Gasteiger charge is 2.25.